The quantitative estimate of drug-likeness (QED) is 0.548. The fourth-order valence-corrected chi connectivity index (χ4v) is 3.51. The minimum absolute atomic E-state index is 0.00592. The van der Waals surface area contributed by atoms with Gasteiger partial charge in [-0.2, -0.15) is 0 Å². The summed E-state index contributed by atoms with van der Waals surface area (Å²) in [4.78, 5) is 27.5. The molecule has 1 aliphatic rings. The number of nitrogens with zero attached hydrogens (tertiary/aromatic N) is 1. The summed E-state index contributed by atoms with van der Waals surface area (Å²) in [7, 11) is 0. The van der Waals surface area contributed by atoms with Gasteiger partial charge in [-0.1, -0.05) is 54.1 Å². The van der Waals surface area contributed by atoms with Crippen molar-refractivity contribution in [1.82, 2.24) is 4.90 Å². The van der Waals surface area contributed by atoms with Crippen molar-refractivity contribution >= 4 is 34.7 Å². The van der Waals surface area contributed by atoms with Crippen molar-refractivity contribution < 1.29 is 18.4 Å². The zero-order valence-corrected chi connectivity index (χ0v) is 17.0. The lowest BCUT2D eigenvalue weighted by Gasteiger charge is -2.15. The zero-order chi connectivity index (χ0) is 22.0. The molecule has 0 atom stereocenters. The van der Waals surface area contributed by atoms with Crippen molar-refractivity contribution in [1.29, 1.82) is 0 Å². The molecule has 0 radical (unpaired) electrons. The third-order valence-electron chi connectivity index (χ3n) is 4.96. The molecule has 2 amide bonds. The summed E-state index contributed by atoms with van der Waals surface area (Å²) in [6.45, 7) is 0.182. The first-order valence-corrected chi connectivity index (χ1v) is 9.94. The molecular formula is C24H17ClF2N2O2. The normalized spacial score (nSPS) is 13.8. The van der Waals surface area contributed by atoms with Gasteiger partial charge in [0, 0.05) is 23.3 Å². The van der Waals surface area contributed by atoms with Gasteiger partial charge in [0.1, 0.15) is 5.70 Å². The van der Waals surface area contributed by atoms with Gasteiger partial charge in [-0.05, 0) is 41.8 Å². The van der Waals surface area contributed by atoms with E-state index in [1.165, 1.54) is 6.07 Å². The molecule has 1 heterocycles. The van der Waals surface area contributed by atoms with E-state index in [9.17, 15) is 18.4 Å². The average Bonchev–Trinajstić information content (AvgIpc) is 3.00. The SMILES string of the molecule is O=C1C(Nc2ccc(F)c(F)c2)=C(c2ccc(Cl)cc2)C(=O)N1CCc1ccccc1. The largest absolute Gasteiger partial charge is 0.350 e. The van der Waals surface area contributed by atoms with E-state index in [-0.39, 0.29) is 23.5 Å². The Bertz CT molecular complexity index is 1180. The summed E-state index contributed by atoms with van der Waals surface area (Å²) in [5.74, 6) is -3.06. The fraction of sp³-hybridized carbons (Fsp3) is 0.0833. The van der Waals surface area contributed by atoms with E-state index in [0.717, 1.165) is 22.6 Å². The van der Waals surface area contributed by atoms with E-state index in [0.29, 0.717) is 17.0 Å². The summed E-state index contributed by atoms with van der Waals surface area (Å²) in [5, 5.41) is 3.29. The summed E-state index contributed by atoms with van der Waals surface area (Å²) in [6, 6.07) is 19.2. The maximum Gasteiger partial charge on any atom is 0.278 e. The Balaban J connectivity index is 1.68. The highest BCUT2D eigenvalue weighted by Crippen LogP contribution is 2.31. The van der Waals surface area contributed by atoms with Crippen molar-refractivity contribution in [3.05, 3.63) is 106 Å². The van der Waals surface area contributed by atoms with E-state index < -0.39 is 23.4 Å². The first kappa shape index (κ1) is 20.8. The monoisotopic (exact) mass is 438 g/mol. The number of hydrogen-bond acceptors (Lipinski definition) is 3. The molecule has 7 heteroatoms. The van der Waals surface area contributed by atoms with Gasteiger partial charge in [-0.15, -0.1) is 0 Å². The van der Waals surface area contributed by atoms with Crippen LogP contribution in [0.1, 0.15) is 11.1 Å². The van der Waals surface area contributed by atoms with Crippen LogP contribution in [-0.4, -0.2) is 23.3 Å². The predicted octanol–water partition coefficient (Wildman–Crippen LogP) is 5.05. The summed E-state index contributed by atoms with van der Waals surface area (Å²) < 4.78 is 27.0. The Labute approximate surface area is 182 Å². The number of benzene rings is 3. The maximum atomic E-state index is 13.7. The first-order chi connectivity index (χ1) is 14.9. The lowest BCUT2D eigenvalue weighted by Crippen LogP contribution is -2.34. The Morgan fingerprint density at radius 2 is 1.55 bits per heavy atom. The number of carbonyl (C=O) groups is 2. The van der Waals surface area contributed by atoms with Crippen LogP contribution in [0, 0.1) is 11.6 Å². The molecule has 4 nitrogen and oxygen atoms in total. The number of nitrogens with one attached hydrogen (secondary N) is 1. The van der Waals surface area contributed by atoms with Gasteiger partial charge in [0.25, 0.3) is 11.8 Å². The van der Waals surface area contributed by atoms with Crippen LogP contribution < -0.4 is 5.32 Å². The highest BCUT2D eigenvalue weighted by atomic mass is 35.5. The van der Waals surface area contributed by atoms with Crippen LogP contribution in [0.3, 0.4) is 0 Å². The predicted molar refractivity (Wildman–Crippen MR) is 115 cm³/mol. The topological polar surface area (TPSA) is 49.4 Å². The summed E-state index contributed by atoms with van der Waals surface area (Å²) in [5.41, 5.74) is 1.80. The number of anilines is 1. The Morgan fingerprint density at radius 3 is 2.23 bits per heavy atom. The Hall–Kier alpha value is -3.51. The van der Waals surface area contributed by atoms with Crippen LogP contribution in [0.25, 0.3) is 5.57 Å². The molecule has 0 saturated carbocycles. The van der Waals surface area contributed by atoms with Crippen LogP contribution >= 0.6 is 11.6 Å². The smallest absolute Gasteiger partial charge is 0.278 e. The molecule has 0 saturated heterocycles. The molecule has 1 aliphatic heterocycles. The second kappa shape index (κ2) is 8.70. The second-order valence-corrected chi connectivity index (χ2v) is 7.44. The molecule has 0 spiro atoms. The number of halogens is 3. The molecule has 4 rings (SSSR count). The molecule has 31 heavy (non-hydrogen) atoms. The fourth-order valence-electron chi connectivity index (χ4n) is 3.38. The van der Waals surface area contributed by atoms with E-state index in [2.05, 4.69) is 5.32 Å². The minimum atomic E-state index is -1.06. The van der Waals surface area contributed by atoms with Crippen molar-refractivity contribution in [3.63, 3.8) is 0 Å². The van der Waals surface area contributed by atoms with Gasteiger partial charge >= 0.3 is 0 Å². The van der Waals surface area contributed by atoms with Crippen molar-refractivity contribution in [2.45, 2.75) is 6.42 Å². The number of imide groups is 1. The molecule has 3 aromatic carbocycles. The van der Waals surface area contributed by atoms with Crippen molar-refractivity contribution in [2.75, 3.05) is 11.9 Å². The van der Waals surface area contributed by atoms with Crippen LogP contribution in [0.4, 0.5) is 14.5 Å². The maximum absolute atomic E-state index is 13.7. The zero-order valence-electron chi connectivity index (χ0n) is 16.2. The Kier molecular flexibility index (Phi) is 5.82. The van der Waals surface area contributed by atoms with E-state index in [1.807, 2.05) is 30.3 Å². The van der Waals surface area contributed by atoms with Gasteiger partial charge in [0.05, 0.1) is 5.57 Å². The second-order valence-electron chi connectivity index (χ2n) is 7.01. The lowest BCUT2D eigenvalue weighted by molar-refractivity contribution is -0.136. The van der Waals surface area contributed by atoms with E-state index in [4.69, 9.17) is 11.6 Å². The molecule has 0 aromatic heterocycles. The lowest BCUT2D eigenvalue weighted by atomic mass is 10.0. The van der Waals surface area contributed by atoms with Crippen LogP contribution in [0.5, 0.6) is 0 Å². The van der Waals surface area contributed by atoms with Gasteiger partial charge in [-0.25, -0.2) is 8.78 Å². The van der Waals surface area contributed by atoms with Crippen molar-refractivity contribution in [3.8, 4) is 0 Å². The molecule has 1 N–H and O–H groups in total. The van der Waals surface area contributed by atoms with Gasteiger partial charge in [0.2, 0.25) is 0 Å². The van der Waals surface area contributed by atoms with Gasteiger partial charge < -0.3 is 5.32 Å². The van der Waals surface area contributed by atoms with Gasteiger partial charge in [-0.3, -0.25) is 14.5 Å². The highest BCUT2D eigenvalue weighted by molar-refractivity contribution is 6.36. The number of amides is 2. The Morgan fingerprint density at radius 1 is 0.839 bits per heavy atom. The molecule has 156 valence electrons. The molecule has 3 aromatic rings. The standard InChI is InChI=1S/C24H17ClF2N2O2/c25-17-8-6-16(7-9-17)21-22(28-18-10-11-19(26)20(27)14-18)24(31)29(23(21)30)13-12-15-4-2-1-3-5-15/h1-11,14,28H,12-13H2. The summed E-state index contributed by atoms with van der Waals surface area (Å²) in [6.07, 6.45) is 0.491. The average molecular weight is 439 g/mol. The third kappa shape index (κ3) is 4.34. The number of carbonyl (C=O) groups excluding carboxylic acids is 2. The van der Waals surface area contributed by atoms with Crippen LogP contribution in [0.2, 0.25) is 5.02 Å². The first-order valence-electron chi connectivity index (χ1n) is 9.56. The minimum Gasteiger partial charge on any atom is -0.350 e. The molecule has 0 unspecified atom stereocenters. The van der Waals surface area contributed by atoms with Crippen molar-refractivity contribution in [2.24, 2.45) is 0 Å². The molecule has 0 aliphatic carbocycles. The van der Waals surface area contributed by atoms with E-state index in [1.54, 1.807) is 24.3 Å². The highest BCUT2D eigenvalue weighted by Gasteiger charge is 2.39. The molecule has 0 fully saturated rings. The number of rotatable bonds is 6. The van der Waals surface area contributed by atoms with Crippen LogP contribution in [0.15, 0.2) is 78.5 Å². The number of hydrogen-bond donors (Lipinski definition) is 1. The summed E-state index contributed by atoms with van der Waals surface area (Å²) >= 11 is 5.96. The van der Waals surface area contributed by atoms with Crippen LogP contribution in [-0.2, 0) is 16.0 Å². The van der Waals surface area contributed by atoms with E-state index >= 15 is 0 Å². The third-order valence-corrected chi connectivity index (χ3v) is 5.21. The molecular weight excluding hydrogens is 422 g/mol. The molecule has 0 bridgehead atoms. The van der Waals surface area contributed by atoms with Gasteiger partial charge in [0.15, 0.2) is 11.6 Å².